The van der Waals surface area contributed by atoms with Gasteiger partial charge < -0.3 is 20.3 Å². The Morgan fingerprint density at radius 2 is 1.84 bits per heavy atom. The van der Waals surface area contributed by atoms with Crippen molar-refractivity contribution in [1.82, 2.24) is 5.32 Å². The molecule has 0 atom stereocenters. The summed E-state index contributed by atoms with van der Waals surface area (Å²) in [5.74, 6) is -0.458. The van der Waals surface area contributed by atoms with Gasteiger partial charge in [-0.05, 0) is 31.2 Å². The van der Waals surface area contributed by atoms with Crippen molar-refractivity contribution in [3.8, 4) is 0 Å². The van der Waals surface area contributed by atoms with Crippen molar-refractivity contribution >= 4 is 23.4 Å². The average Bonchev–Trinajstić information content (AvgIpc) is 2.37. The molecule has 0 aromatic heterocycles. The van der Waals surface area contributed by atoms with Gasteiger partial charge in [-0.1, -0.05) is 0 Å². The van der Waals surface area contributed by atoms with Crippen molar-refractivity contribution in [2.24, 2.45) is 0 Å². The fraction of sp³-hybridized carbons (Fsp3) is 0.385. The summed E-state index contributed by atoms with van der Waals surface area (Å²) in [6.45, 7) is 1.87. The number of carbonyl (C=O) groups is 2. The lowest BCUT2D eigenvalue weighted by Crippen LogP contribution is -2.34. The van der Waals surface area contributed by atoms with Crippen molar-refractivity contribution in [3.63, 3.8) is 0 Å². The lowest BCUT2D eigenvalue weighted by atomic mass is 10.2. The van der Waals surface area contributed by atoms with Gasteiger partial charge in [0, 0.05) is 25.5 Å². The van der Waals surface area contributed by atoms with Crippen LogP contribution < -0.4 is 15.5 Å². The SMILES string of the molecule is CCOC(=O)CNC(=O)Nc1ccc(N(C)C)cc1. The number of carbonyl (C=O) groups excluding carboxylic acids is 2. The zero-order valence-corrected chi connectivity index (χ0v) is 11.4. The van der Waals surface area contributed by atoms with E-state index in [2.05, 4.69) is 10.6 Å². The Morgan fingerprint density at radius 1 is 1.21 bits per heavy atom. The summed E-state index contributed by atoms with van der Waals surface area (Å²) >= 11 is 0. The topological polar surface area (TPSA) is 70.7 Å². The Bertz CT molecular complexity index is 429. The molecule has 1 aromatic rings. The third-order valence-corrected chi connectivity index (χ3v) is 2.34. The van der Waals surface area contributed by atoms with Crippen LogP contribution >= 0.6 is 0 Å². The molecule has 0 saturated carbocycles. The van der Waals surface area contributed by atoms with Gasteiger partial charge in [-0.25, -0.2) is 4.79 Å². The first-order valence-corrected chi connectivity index (χ1v) is 6.00. The van der Waals surface area contributed by atoms with Crippen molar-refractivity contribution in [2.45, 2.75) is 6.92 Å². The summed E-state index contributed by atoms with van der Waals surface area (Å²) in [6.07, 6.45) is 0. The van der Waals surface area contributed by atoms with Gasteiger partial charge in [-0.15, -0.1) is 0 Å². The summed E-state index contributed by atoms with van der Waals surface area (Å²) in [5, 5.41) is 5.05. The molecular formula is C13H19N3O3. The Hall–Kier alpha value is -2.24. The lowest BCUT2D eigenvalue weighted by molar-refractivity contribution is -0.141. The van der Waals surface area contributed by atoms with E-state index in [9.17, 15) is 9.59 Å². The molecule has 0 fully saturated rings. The van der Waals surface area contributed by atoms with Gasteiger partial charge in [-0.3, -0.25) is 4.79 Å². The number of hydrogen-bond acceptors (Lipinski definition) is 4. The molecule has 0 unspecified atom stereocenters. The summed E-state index contributed by atoms with van der Waals surface area (Å²) in [7, 11) is 3.88. The van der Waals surface area contributed by atoms with Crippen LogP contribution in [-0.2, 0) is 9.53 Å². The highest BCUT2D eigenvalue weighted by Crippen LogP contribution is 2.15. The molecule has 0 aliphatic heterocycles. The van der Waals surface area contributed by atoms with Crippen LogP contribution in [0.5, 0.6) is 0 Å². The summed E-state index contributed by atoms with van der Waals surface area (Å²) in [5.41, 5.74) is 1.70. The summed E-state index contributed by atoms with van der Waals surface area (Å²) < 4.78 is 4.70. The van der Waals surface area contributed by atoms with Gasteiger partial charge in [0.05, 0.1) is 6.61 Å². The minimum Gasteiger partial charge on any atom is -0.465 e. The van der Waals surface area contributed by atoms with E-state index in [0.29, 0.717) is 12.3 Å². The highest BCUT2D eigenvalue weighted by Gasteiger charge is 2.06. The van der Waals surface area contributed by atoms with E-state index < -0.39 is 12.0 Å². The van der Waals surface area contributed by atoms with Gasteiger partial charge in [0.25, 0.3) is 0 Å². The quantitative estimate of drug-likeness (QED) is 0.790. The molecule has 0 aliphatic rings. The van der Waals surface area contributed by atoms with Crippen LogP contribution in [0.4, 0.5) is 16.2 Å². The largest absolute Gasteiger partial charge is 0.465 e. The Morgan fingerprint density at radius 3 is 2.37 bits per heavy atom. The fourth-order valence-corrected chi connectivity index (χ4v) is 1.38. The first-order valence-electron chi connectivity index (χ1n) is 6.00. The van der Waals surface area contributed by atoms with Crippen LogP contribution in [0.15, 0.2) is 24.3 Å². The number of nitrogens with one attached hydrogen (secondary N) is 2. The van der Waals surface area contributed by atoms with E-state index in [1.54, 1.807) is 19.1 Å². The van der Waals surface area contributed by atoms with Gasteiger partial charge in [-0.2, -0.15) is 0 Å². The second kappa shape index (κ2) is 7.25. The minimum atomic E-state index is -0.458. The molecule has 2 N–H and O–H groups in total. The maximum absolute atomic E-state index is 11.5. The van der Waals surface area contributed by atoms with E-state index in [0.717, 1.165) is 5.69 Å². The van der Waals surface area contributed by atoms with Crippen molar-refractivity contribution in [3.05, 3.63) is 24.3 Å². The first kappa shape index (κ1) is 14.8. The van der Waals surface area contributed by atoms with Crippen LogP contribution in [-0.4, -0.2) is 39.2 Å². The molecule has 6 nitrogen and oxygen atoms in total. The molecule has 1 rings (SSSR count). The number of hydrogen-bond donors (Lipinski definition) is 2. The van der Waals surface area contributed by atoms with E-state index >= 15 is 0 Å². The number of rotatable bonds is 5. The number of esters is 1. The smallest absolute Gasteiger partial charge is 0.325 e. The molecule has 0 radical (unpaired) electrons. The highest BCUT2D eigenvalue weighted by molar-refractivity contribution is 5.91. The molecular weight excluding hydrogens is 246 g/mol. The van der Waals surface area contributed by atoms with Gasteiger partial charge >= 0.3 is 12.0 Å². The van der Waals surface area contributed by atoms with Crippen LogP contribution in [0, 0.1) is 0 Å². The molecule has 104 valence electrons. The molecule has 19 heavy (non-hydrogen) atoms. The van der Waals surface area contributed by atoms with E-state index in [1.165, 1.54) is 0 Å². The molecule has 0 spiro atoms. The summed E-state index contributed by atoms with van der Waals surface area (Å²) in [4.78, 5) is 24.5. The predicted molar refractivity (Wildman–Crippen MR) is 74.4 cm³/mol. The van der Waals surface area contributed by atoms with E-state index in [4.69, 9.17) is 4.74 Å². The Balaban J connectivity index is 2.42. The zero-order chi connectivity index (χ0) is 14.3. The second-order valence-corrected chi connectivity index (χ2v) is 4.05. The molecule has 0 bridgehead atoms. The minimum absolute atomic E-state index is 0.143. The van der Waals surface area contributed by atoms with E-state index in [-0.39, 0.29) is 6.54 Å². The monoisotopic (exact) mass is 265 g/mol. The molecule has 6 heteroatoms. The third kappa shape index (κ3) is 5.29. The number of benzene rings is 1. The summed E-state index contributed by atoms with van der Waals surface area (Å²) in [6, 6.07) is 6.92. The highest BCUT2D eigenvalue weighted by atomic mass is 16.5. The van der Waals surface area contributed by atoms with Crippen LogP contribution in [0.2, 0.25) is 0 Å². The standard InChI is InChI=1S/C13H19N3O3/c1-4-19-12(17)9-14-13(18)15-10-5-7-11(8-6-10)16(2)3/h5-8H,4,9H2,1-3H3,(H2,14,15,18). The van der Waals surface area contributed by atoms with Gasteiger partial charge in [0.2, 0.25) is 0 Å². The van der Waals surface area contributed by atoms with Crippen LogP contribution in [0.1, 0.15) is 6.92 Å². The zero-order valence-electron chi connectivity index (χ0n) is 11.4. The van der Waals surface area contributed by atoms with Gasteiger partial charge in [0.1, 0.15) is 6.54 Å². The number of urea groups is 1. The van der Waals surface area contributed by atoms with Crippen molar-refractivity contribution in [1.29, 1.82) is 0 Å². The second-order valence-electron chi connectivity index (χ2n) is 4.05. The maximum Gasteiger partial charge on any atom is 0.325 e. The van der Waals surface area contributed by atoms with Crippen molar-refractivity contribution < 1.29 is 14.3 Å². The van der Waals surface area contributed by atoms with Crippen LogP contribution in [0.25, 0.3) is 0 Å². The number of amides is 2. The molecule has 0 heterocycles. The van der Waals surface area contributed by atoms with Gasteiger partial charge in [0.15, 0.2) is 0 Å². The molecule has 1 aromatic carbocycles. The van der Waals surface area contributed by atoms with Crippen LogP contribution in [0.3, 0.4) is 0 Å². The number of ether oxygens (including phenoxy) is 1. The maximum atomic E-state index is 11.5. The van der Waals surface area contributed by atoms with Crippen molar-refractivity contribution in [2.75, 3.05) is 37.5 Å². The molecule has 0 aliphatic carbocycles. The number of anilines is 2. The average molecular weight is 265 g/mol. The molecule has 2 amide bonds. The Labute approximate surface area is 112 Å². The number of nitrogens with zero attached hydrogens (tertiary/aromatic N) is 1. The third-order valence-electron chi connectivity index (χ3n) is 2.34. The van der Waals surface area contributed by atoms with E-state index in [1.807, 2.05) is 31.1 Å². The molecule has 0 saturated heterocycles. The normalized spacial score (nSPS) is 9.63. The predicted octanol–water partition coefficient (Wildman–Crippen LogP) is 1.44. The first-order chi connectivity index (χ1) is 9.02. The lowest BCUT2D eigenvalue weighted by Gasteiger charge is -2.13. The Kier molecular flexibility index (Phi) is 5.66. The fourth-order valence-electron chi connectivity index (χ4n) is 1.38.